The molecule has 2 aromatic rings. The number of rotatable bonds is 3. The van der Waals surface area contributed by atoms with E-state index in [0.717, 1.165) is 16.7 Å². The monoisotopic (exact) mass is 288 g/mol. The smallest absolute Gasteiger partial charge is 0.0673 e. The van der Waals surface area contributed by atoms with Gasteiger partial charge in [-0.25, -0.2) is 0 Å². The number of hydrogen-bond acceptors (Lipinski definition) is 2. The second-order valence-electron chi connectivity index (χ2n) is 6.20. The first-order chi connectivity index (χ1) is 10.5. The predicted molar refractivity (Wildman–Crippen MR) is 92.8 cm³/mol. The van der Waals surface area contributed by atoms with Crippen LogP contribution in [0.4, 0.5) is 0 Å². The molecule has 0 aromatic heterocycles. The van der Waals surface area contributed by atoms with Crippen LogP contribution in [0.15, 0.2) is 78.0 Å². The molecule has 0 aliphatic heterocycles. The summed E-state index contributed by atoms with van der Waals surface area (Å²) in [5.74, 6) is 0. The zero-order valence-electron chi connectivity index (χ0n) is 12.9. The Morgan fingerprint density at radius 3 is 2.05 bits per heavy atom. The first-order valence-electron chi connectivity index (χ1n) is 7.43. The van der Waals surface area contributed by atoms with Crippen molar-refractivity contribution in [3.8, 4) is 11.1 Å². The fourth-order valence-electron chi connectivity index (χ4n) is 2.91. The van der Waals surface area contributed by atoms with Crippen LogP contribution in [-0.4, -0.2) is 5.71 Å². The molecule has 0 heterocycles. The second kappa shape index (κ2) is 5.30. The summed E-state index contributed by atoms with van der Waals surface area (Å²) in [6, 6.07) is 18.4. The van der Waals surface area contributed by atoms with Crippen LogP contribution >= 0.6 is 0 Å². The summed E-state index contributed by atoms with van der Waals surface area (Å²) in [4.78, 5) is 0. The predicted octanol–water partition coefficient (Wildman–Crippen LogP) is 4.53. The molecule has 2 nitrogen and oxygen atoms in total. The molecule has 0 atom stereocenters. The van der Waals surface area contributed by atoms with Crippen molar-refractivity contribution in [1.29, 1.82) is 5.41 Å². The minimum absolute atomic E-state index is 0.181. The summed E-state index contributed by atoms with van der Waals surface area (Å²) in [7, 11) is 0. The Morgan fingerprint density at radius 2 is 1.50 bits per heavy atom. The van der Waals surface area contributed by atoms with E-state index >= 15 is 0 Å². The lowest BCUT2D eigenvalue weighted by atomic mass is 9.82. The molecule has 0 spiro atoms. The van der Waals surface area contributed by atoms with Crippen LogP contribution in [0.1, 0.15) is 19.4 Å². The molecular formula is C20H20N2. The molecule has 0 bridgehead atoms. The summed E-state index contributed by atoms with van der Waals surface area (Å²) >= 11 is 0. The van der Waals surface area contributed by atoms with E-state index in [4.69, 9.17) is 11.1 Å². The van der Waals surface area contributed by atoms with Gasteiger partial charge in [-0.3, -0.25) is 5.41 Å². The van der Waals surface area contributed by atoms with Gasteiger partial charge in [-0.2, -0.15) is 0 Å². The average molecular weight is 288 g/mol. The van der Waals surface area contributed by atoms with Crippen molar-refractivity contribution in [3.05, 3.63) is 83.6 Å². The lowest BCUT2D eigenvalue weighted by Gasteiger charge is -2.22. The molecule has 0 unspecified atom stereocenters. The first-order valence-corrected chi connectivity index (χ1v) is 7.43. The van der Waals surface area contributed by atoms with Crippen molar-refractivity contribution in [3.63, 3.8) is 0 Å². The largest absolute Gasteiger partial charge is 0.398 e. The normalized spacial score (nSPS) is 16.1. The van der Waals surface area contributed by atoms with E-state index in [1.807, 2.05) is 36.4 Å². The first kappa shape index (κ1) is 14.3. The molecule has 3 N–H and O–H groups in total. The van der Waals surface area contributed by atoms with Crippen LogP contribution in [0.25, 0.3) is 11.1 Å². The third-order valence-corrected chi connectivity index (χ3v) is 4.14. The fourth-order valence-corrected chi connectivity index (χ4v) is 2.91. The molecule has 2 aromatic carbocycles. The molecule has 0 saturated heterocycles. The molecule has 110 valence electrons. The van der Waals surface area contributed by atoms with Crippen molar-refractivity contribution in [2.45, 2.75) is 13.8 Å². The number of benzene rings is 2. The third kappa shape index (κ3) is 2.48. The van der Waals surface area contributed by atoms with Gasteiger partial charge in [-0.1, -0.05) is 74.5 Å². The molecule has 1 aliphatic rings. The molecule has 0 saturated carbocycles. The highest BCUT2D eigenvalue weighted by Crippen LogP contribution is 2.37. The van der Waals surface area contributed by atoms with Crippen molar-refractivity contribution in [2.75, 3.05) is 0 Å². The highest BCUT2D eigenvalue weighted by molar-refractivity contribution is 6.12. The van der Waals surface area contributed by atoms with E-state index in [1.54, 1.807) is 0 Å². The summed E-state index contributed by atoms with van der Waals surface area (Å²) < 4.78 is 0. The minimum Gasteiger partial charge on any atom is -0.398 e. The van der Waals surface area contributed by atoms with Gasteiger partial charge in [0.25, 0.3) is 0 Å². The minimum atomic E-state index is -0.181. The van der Waals surface area contributed by atoms with Gasteiger partial charge in [0, 0.05) is 16.7 Å². The summed E-state index contributed by atoms with van der Waals surface area (Å²) in [6.07, 6.45) is 3.97. The van der Waals surface area contributed by atoms with Gasteiger partial charge in [0.15, 0.2) is 0 Å². The summed E-state index contributed by atoms with van der Waals surface area (Å²) in [5, 5.41) is 8.51. The molecule has 0 amide bonds. The topological polar surface area (TPSA) is 49.9 Å². The van der Waals surface area contributed by atoms with Crippen LogP contribution in [0.3, 0.4) is 0 Å². The third-order valence-electron chi connectivity index (χ3n) is 4.14. The van der Waals surface area contributed by atoms with Crippen LogP contribution in [0.5, 0.6) is 0 Å². The fraction of sp³-hybridized carbons (Fsp3) is 0.150. The highest BCUT2D eigenvalue weighted by Gasteiger charge is 2.30. The molecule has 0 radical (unpaired) electrons. The number of nitrogens with two attached hydrogens (primary N) is 1. The standard InChI is InChI=1S/C20H20N2/c1-20(2)13-12-17(21)18(20)19(22)16-10-8-15(9-11-16)14-6-4-3-5-7-14/h3-13,22H,21H2,1-2H3. The van der Waals surface area contributed by atoms with E-state index < -0.39 is 0 Å². The molecular weight excluding hydrogens is 268 g/mol. The van der Waals surface area contributed by atoms with Gasteiger partial charge >= 0.3 is 0 Å². The SMILES string of the molecule is CC1(C)C=CC(N)=C1C(=N)c1ccc(-c2ccccc2)cc1. The maximum absolute atomic E-state index is 8.51. The van der Waals surface area contributed by atoms with Crippen molar-refractivity contribution in [2.24, 2.45) is 11.1 Å². The molecule has 2 heteroatoms. The van der Waals surface area contributed by atoms with Gasteiger partial charge in [0.1, 0.15) is 0 Å². The summed E-state index contributed by atoms with van der Waals surface area (Å²) in [5.41, 5.74) is 11.2. The highest BCUT2D eigenvalue weighted by atomic mass is 14.6. The van der Waals surface area contributed by atoms with Crippen LogP contribution in [-0.2, 0) is 0 Å². The van der Waals surface area contributed by atoms with Crippen molar-refractivity contribution in [1.82, 2.24) is 0 Å². The Hall–Kier alpha value is -2.61. The Kier molecular flexibility index (Phi) is 3.45. The maximum atomic E-state index is 8.51. The Bertz CT molecular complexity index is 763. The number of hydrogen-bond donors (Lipinski definition) is 2. The van der Waals surface area contributed by atoms with Crippen molar-refractivity contribution >= 4 is 5.71 Å². The average Bonchev–Trinajstić information content (AvgIpc) is 2.81. The summed E-state index contributed by atoms with van der Waals surface area (Å²) in [6.45, 7) is 4.18. The van der Waals surface area contributed by atoms with E-state index in [1.165, 1.54) is 5.56 Å². The Balaban J connectivity index is 1.91. The molecule has 0 fully saturated rings. The van der Waals surface area contributed by atoms with Crippen LogP contribution < -0.4 is 5.73 Å². The quantitative estimate of drug-likeness (QED) is 0.801. The molecule has 1 aliphatic carbocycles. The number of allylic oxidation sites excluding steroid dienone is 3. The van der Waals surface area contributed by atoms with Gasteiger partial charge < -0.3 is 5.73 Å². The van der Waals surface area contributed by atoms with E-state index in [-0.39, 0.29) is 5.41 Å². The van der Waals surface area contributed by atoms with Crippen LogP contribution in [0.2, 0.25) is 0 Å². The maximum Gasteiger partial charge on any atom is 0.0673 e. The molecule has 3 rings (SSSR count). The van der Waals surface area contributed by atoms with Crippen molar-refractivity contribution < 1.29 is 0 Å². The lowest BCUT2D eigenvalue weighted by Crippen LogP contribution is -2.20. The second-order valence-corrected chi connectivity index (χ2v) is 6.20. The Morgan fingerprint density at radius 1 is 0.909 bits per heavy atom. The Labute approximate surface area is 131 Å². The van der Waals surface area contributed by atoms with Gasteiger partial charge in [0.05, 0.1) is 5.71 Å². The number of nitrogens with one attached hydrogen (secondary N) is 1. The van der Waals surface area contributed by atoms with Gasteiger partial charge in [0.2, 0.25) is 0 Å². The molecule has 22 heavy (non-hydrogen) atoms. The van der Waals surface area contributed by atoms with E-state index in [0.29, 0.717) is 11.4 Å². The van der Waals surface area contributed by atoms with E-state index in [2.05, 4.69) is 44.2 Å². The zero-order chi connectivity index (χ0) is 15.7. The van der Waals surface area contributed by atoms with Gasteiger partial charge in [-0.15, -0.1) is 0 Å². The zero-order valence-corrected chi connectivity index (χ0v) is 12.9. The van der Waals surface area contributed by atoms with Gasteiger partial charge in [-0.05, 0) is 22.8 Å². The van der Waals surface area contributed by atoms with Crippen LogP contribution in [0, 0.1) is 10.8 Å². The lowest BCUT2D eigenvalue weighted by molar-refractivity contribution is 0.611. The van der Waals surface area contributed by atoms with E-state index in [9.17, 15) is 0 Å².